The number of aromatic nitrogens is 5. The number of nitrogens with zero attached hydrogens (tertiary/aromatic N) is 7. The number of anilines is 4. The highest BCUT2D eigenvalue weighted by molar-refractivity contribution is 5.55. The zero-order chi connectivity index (χ0) is 19.7. The summed E-state index contributed by atoms with van der Waals surface area (Å²) in [6.07, 6.45) is 1.44. The van der Waals surface area contributed by atoms with Crippen LogP contribution < -0.4 is 16.0 Å². The van der Waals surface area contributed by atoms with Crippen molar-refractivity contribution in [2.45, 2.75) is 0 Å². The van der Waals surface area contributed by atoms with E-state index in [1.165, 1.54) is 17.1 Å². The Bertz CT molecular complexity index is 983. The number of nitrogens with one attached hydrogen (secondary N) is 1. The van der Waals surface area contributed by atoms with Gasteiger partial charge >= 0.3 is 0 Å². The van der Waals surface area contributed by atoms with E-state index in [9.17, 15) is 8.78 Å². The predicted octanol–water partition coefficient (Wildman–Crippen LogP) is 1.41. The first-order chi connectivity index (χ1) is 13.5. The fraction of sp³-hybridized carbons (Fsp3) is 0.294. The highest BCUT2D eigenvalue weighted by Crippen LogP contribution is 2.21. The topological polar surface area (TPSA) is 101 Å². The molecule has 0 aliphatic carbocycles. The van der Waals surface area contributed by atoms with E-state index in [0.29, 0.717) is 5.82 Å². The highest BCUT2D eigenvalue weighted by atomic mass is 19.1. The minimum Gasteiger partial charge on any atom is -0.368 e. The quantitative estimate of drug-likeness (QED) is 0.693. The molecule has 1 aliphatic rings. The lowest BCUT2D eigenvalue weighted by atomic mass is 10.3. The number of likely N-dealkylation sites (N-methyl/N-ethyl adjacent to an activating group) is 1. The van der Waals surface area contributed by atoms with E-state index >= 15 is 0 Å². The van der Waals surface area contributed by atoms with Gasteiger partial charge in [-0.15, -0.1) is 5.10 Å². The highest BCUT2D eigenvalue weighted by Gasteiger charge is 2.18. The molecule has 11 heteroatoms. The second-order valence-corrected chi connectivity index (χ2v) is 6.48. The molecule has 0 unspecified atom stereocenters. The zero-order valence-electron chi connectivity index (χ0n) is 15.2. The maximum Gasteiger partial charge on any atom is 0.248 e. The van der Waals surface area contributed by atoms with E-state index in [0.717, 1.165) is 44.1 Å². The van der Waals surface area contributed by atoms with E-state index in [2.05, 4.69) is 42.2 Å². The van der Waals surface area contributed by atoms with Crippen molar-refractivity contribution in [1.29, 1.82) is 0 Å². The lowest BCUT2D eigenvalue weighted by molar-refractivity contribution is 0.312. The van der Waals surface area contributed by atoms with Gasteiger partial charge < -0.3 is 20.9 Å². The molecular weight excluding hydrogens is 368 g/mol. The molecule has 1 aliphatic heterocycles. The number of piperazine rings is 1. The average Bonchev–Trinajstić information content (AvgIpc) is 3.05. The Kier molecular flexibility index (Phi) is 4.74. The van der Waals surface area contributed by atoms with Crippen LogP contribution in [0.1, 0.15) is 0 Å². The summed E-state index contributed by atoms with van der Waals surface area (Å²) in [6, 6.07) is 4.95. The summed E-state index contributed by atoms with van der Waals surface area (Å²) in [4.78, 5) is 17.0. The third-order valence-electron chi connectivity index (χ3n) is 4.49. The molecule has 0 saturated carbocycles. The fourth-order valence-corrected chi connectivity index (χ4v) is 2.92. The molecular formula is C17H19F2N9. The summed E-state index contributed by atoms with van der Waals surface area (Å²) in [7, 11) is 2.08. The molecule has 0 amide bonds. The van der Waals surface area contributed by atoms with Crippen molar-refractivity contribution in [3.63, 3.8) is 0 Å². The van der Waals surface area contributed by atoms with Crippen molar-refractivity contribution < 1.29 is 8.78 Å². The fourth-order valence-electron chi connectivity index (χ4n) is 2.92. The van der Waals surface area contributed by atoms with Gasteiger partial charge in [-0.2, -0.15) is 9.67 Å². The second-order valence-electron chi connectivity index (χ2n) is 6.48. The van der Waals surface area contributed by atoms with Crippen LogP contribution in [0.25, 0.3) is 5.82 Å². The number of halogens is 2. The van der Waals surface area contributed by atoms with Gasteiger partial charge in [-0.25, -0.2) is 18.7 Å². The van der Waals surface area contributed by atoms with E-state index < -0.39 is 11.6 Å². The third kappa shape index (κ3) is 3.69. The average molecular weight is 387 g/mol. The van der Waals surface area contributed by atoms with Crippen molar-refractivity contribution >= 4 is 23.4 Å². The lowest BCUT2D eigenvalue weighted by Crippen LogP contribution is -2.44. The standard InChI is InChI=1S/C17H19F2N9/c1-26-4-6-27(7-5-26)14-9-15(22-10-21-14)28-16(20)24-17(25-28)23-13-3-2-11(18)8-12(13)19/h2-3,8-10H,4-7H2,1H3,(H3,20,23,24,25). The Morgan fingerprint density at radius 3 is 2.54 bits per heavy atom. The number of nitrogens with two attached hydrogens (primary N) is 1. The van der Waals surface area contributed by atoms with E-state index in [1.54, 1.807) is 6.07 Å². The molecule has 28 heavy (non-hydrogen) atoms. The van der Waals surface area contributed by atoms with Crippen LogP contribution in [0, 0.1) is 11.6 Å². The first-order valence-electron chi connectivity index (χ1n) is 8.70. The van der Waals surface area contributed by atoms with Gasteiger partial charge in [0.2, 0.25) is 11.9 Å². The van der Waals surface area contributed by atoms with Crippen molar-refractivity contribution in [2.24, 2.45) is 0 Å². The Labute approximate surface area is 159 Å². The monoisotopic (exact) mass is 387 g/mol. The van der Waals surface area contributed by atoms with Gasteiger partial charge in [-0.3, -0.25) is 0 Å². The van der Waals surface area contributed by atoms with Crippen LogP contribution in [-0.4, -0.2) is 62.9 Å². The molecule has 146 valence electrons. The molecule has 0 bridgehead atoms. The molecule has 2 aromatic heterocycles. The van der Waals surface area contributed by atoms with Crippen molar-refractivity contribution in [3.05, 3.63) is 42.2 Å². The molecule has 1 aromatic carbocycles. The zero-order valence-corrected chi connectivity index (χ0v) is 15.2. The molecule has 3 aromatic rings. The van der Waals surface area contributed by atoms with Crippen LogP contribution in [0.5, 0.6) is 0 Å². The van der Waals surface area contributed by atoms with Gasteiger partial charge in [0, 0.05) is 38.3 Å². The number of hydrogen-bond donors (Lipinski definition) is 2. The Balaban J connectivity index is 1.57. The maximum atomic E-state index is 13.8. The molecule has 4 rings (SSSR count). The summed E-state index contributed by atoms with van der Waals surface area (Å²) in [5, 5.41) is 6.92. The van der Waals surface area contributed by atoms with E-state index in [4.69, 9.17) is 5.73 Å². The Hall–Kier alpha value is -3.34. The van der Waals surface area contributed by atoms with Gasteiger partial charge in [0.15, 0.2) is 5.82 Å². The molecule has 9 nitrogen and oxygen atoms in total. The first kappa shape index (κ1) is 18.0. The van der Waals surface area contributed by atoms with Gasteiger partial charge in [0.1, 0.15) is 23.8 Å². The van der Waals surface area contributed by atoms with E-state index in [-0.39, 0.29) is 17.6 Å². The largest absolute Gasteiger partial charge is 0.368 e. The number of hydrogen-bond acceptors (Lipinski definition) is 8. The SMILES string of the molecule is CN1CCN(c2cc(-n3nc(Nc4ccc(F)cc4F)nc3N)ncn2)CC1. The van der Waals surface area contributed by atoms with Crippen molar-refractivity contribution in [1.82, 2.24) is 29.6 Å². The summed E-state index contributed by atoms with van der Waals surface area (Å²) >= 11 is 0. The van der Waals surface area contributed by atoms with Crippen LogP contribution in [-0.2, 0) is 0 Å². The van der Waals surface area contributed by atoms with Gasteiger partial charge in [0.25, 0.3) is 0 Å². The van der Waals surface area contributed by atoms with Crippen LogP contribution in [0.15, 0.2) is 30.6 Å². The molecule has 3 N–H and O–H groups in total. The van der Waals surface area contributed by atoms with E-state index in [1.807, 2.05) is 0 Å². The van der Waals surface area contributed by atoms with Crippen LogP contribution >= 0.6 is 0 Å². The summed E-state index contributed by atoms with van der Waals surface area (Å²) < 4.78 is 28.2. The summed E-state index contributed by atoms with van der Waals surface area (Å²) in [5.74, 6) is -0.0581. The number of benzene rings is 1. The molecule has 0 spiro atoms. The lowest BCUT2D eigenvalue weighted by Gasteiger charge is -2.33. The third-order valence-corrected chi connectivity index (χ3v) is 4.49. The van der Waals surface area contributed by atoms with Crippen LogP contribution in [0.3, 0.4) is 0 Å². The first-order valence-corrected chi connectivity index (χ1v) is 8.70. The molecule has 0 atom stereocenters. The Morgan fingerprint density at radius 2 is 1.79 bits per heavy atom. The predicted molar refractivity (Wildman–Crippen MR) is 101 cm³/mol. The molecule has 0 radical (unpaired) electrons. The summed E-state index contributed by atoms with van der Waals surface area (Å²) in [5.41, 5.74) is 5.99. The normalized spacial score (nSPS) is 15.0. The number of rotatable bonds is 4. The van der Waals surface area contributed by atoms with Crippen molar-refractivity contribution in [2.75, 3.05) is 49.2 Å². The number of nitrogen functional groups attached to an aromatic ring is 1. The maximum absolute atomic E-state index is 13.8. The molecule has 1 fully saturated rings. The minimum atomic E-state index is -0.755. The van der Waals surface area contributed by atoms with Gasteiger partial charge in [-0.1, -0.05) is 0 Å². The molecule has 1 saturated heterocycles. The summed E-state index contributed by atoms with van der Waals surface area (Å²) in [6.45, 7) is 3.61. The van der Waals surface area contributed by atoms with Gasteiger partial charge in [-0.05, 0) is 19.2 Å². The second kappa shape index (κ2) is 7.35. The van der Waals surface area contributed by atoms with Crippen LogP contribution in [0.4, 0.5) is 32.2 Å². The molecule has 3 heterocycles. The van der Waals surface area contributed by atoms with Crippen LogP contribution in [0.2, 0.25) is 0 Å². The smallest absolute Gasteiger partial charge is 0.248 e. The van der Waals surface area contributed by atoms with Crippen molar-refractivity contribution in [3.8, 4) is 5.82 Å². The van der Waals surface area contributed by atoms with Gasteiger partial charge in [0.05, 0.1) is 5.69 Å². The minimum absolute atomic E-state index is 0.0411. The Morgan fingerprint density at radius 1 is 1.04 bits per heavy atom.